The third-order valence-corrected chi connectivity index (χ3v) is 2.36. The van der Waals surface area contributed by atoms with Gasteiger partial charge in [0, 0.05) is 6.21 Å². The van der Waals surface area contributed by atoms with Gasteiger partial charge < -0.3 is 0 Å². The molecule has 1 aliphatic carbocycles. The third-order valence-electron chi connectivity index (χ3n) is 2.36. The zero-order chi connectivity index (χ0) is 9.84. The normalized spacial score (nSPS) is 22.7. The highest BCUT2D eigenvalue weighted by Gasteiger charge is 2.18. The molecule has 1 atom stereocenters. The van der Waals surface area contributed by atoms with Gasteiger partial charge in [0.15, 0.2) is 0 Å². The van der Waals surface area contributed by atoms with Gasteiger partial charge in [-0.15, -0.1) is 0 Å². The summed E-state index contributed by atoms with van der Waals surface area (Å²) in [7, 11) is 0. The van der Waals surface area contributed by atoms with E-state index in [4.69, 9.17) is 0 Å². The molecule has 1 rings (SSSR count). The van der Waals surface area contributed by atoms with Crippen molar-refractivity contribution in [3.05, 3.63) is 23.4 Å². The summed E-state index contributed by atoms with van der Waals surface area (Å²) in [6, 6.07) is 0. The molecule has 0 aromatic heterocycles. The Morgan fingerprint density at radius 2 is 2.23 bits per heavy atom. The Morgan fingerprint density at radius 3 is 2.77 bits per heavy atom. The van der Waals surface area contributed by atoms with Crippen LogP contribution in [0.1, 0.15) is 34.1 Å². The number of hydrogen-bond donors (Lipinski definition) is 0. The number of aliphatic imine (C=N–C) groups is 1. The van der Waals surface area contributed by atoms with E-state index in [-0.39, 0.29) is 0 Å². The van der Waals surface area contributed by atoms with Crippen LogP contribution >= 0.6 is 0 Å². The van der Waals surface area contributed by atoms with E-state index in [1.807, 2.05) is 6.21 Å². The van der Waals surface area contributed by atoms with Gasteiger partial charge >= 0.3 is 0 Å². The van der Waals surface area contributed by atoms with Crippen molar-refractivity contribution in [3.63, 3.8) is 0 Å². The Balaban J connectivity index is 2.88. The molecule has 0 saturated carbocycles. The van der Waals surface area contributed by atoms with Crippen molar-refractivity contribution in [1.82, 2.24) is 0 Å². The number of rotatable bonds is 3. The third kappa shape index (κ3) is 2.30. The Labute approximate surface area is 81.3 Å². The van der Waals surface area contributed by atoms with Gasteiger partial charge in [-0.2, -0.15) is 0 Å². The zero-order valence-electron chi connectivity index (χ0n) is 9.04. The second-order valence-electron chi connectivity index (χ2n) is 3.86. The first-order chi connectivity index (χ1) is 6.16. The molecule has 0 aromatic rings. The first kappa shape index (κ1) is 10.2. The molecule has 0 amide bonds. The monoisotopic (exact) mass is 177 g/mol. The highest BCUT2D eigenvalue weighted by Crippen LogP contribution is 2.31. The maximum absolute atomic E-state index is 4.46. The van der Waals surface area contributed by atoms with Crippen LogP contribution in [0.2, 0.25) is 0 Å². The number of nitrogens with zero attached hydrogens (tertiary/aromatic N) is 1. The first-order valence-electron chi connectivity index (χ1n) is 5.11. The van der Waals surface area contributed by atoms with Crippen LogP contribution in [-0.4, -0.2) is 6.21 Å². The largest absolute Gasteiger partial charge is 0.261 e. The molecule has 0 aromatic carbocycles. The van der Waals surface area contributed by atoms with E-state index >= 15 is 0 Å². The molecule has 13 heavy (non-hydrogen) atoms. The quantitative estimate of drug-likeness (QED) is 0.584. The van der Waals surface area contributed by atoms with Gasteiger partial charge in [-0.1, -0.05) is 33.8 Å². The topological polar surface area (TPSA) is 12.4 Å². The molecule has 0 fully saturated rings. The molecule has 0 aliphatic heterocycles. The lowest BCUT2D eigenvalue weighted by atomic mass is 9.94. The van der Waals surface area contributed by atoms with Crippen molar-refractivity contribution in [2.75, 3.05) is 0 Å². The minimum atomic E-state index is 0.573. The fourth-order valence-electron chi connectivity index (χ4n) is 1.80. The summed E-state index contributed by atoms with van der Waals surface area (Å²) in [6.45, 7) is 8.82. The van der Waals surface area contributed by atoms with Crippen LogP contribution in [0.3, 0.4) is 0 Å². The molecule has 0 N–H and O–H groups in total. The summed E-state index contributed by atoms with van der Waals surface area (Å²) in [6.07, 6.45) is 7.38. The lowest BCUT2D eigenvalue weighted by Crippen LogP contribution is -2.01. The van der Waals surface area contributed by atoms with Gasteiger partial charge in [-0.25, -0.2) is 0 Å². The summed E-state index contributed by atoms with van der Waals surface area (Å²) in [5.41, 5.74) is 2.66. The molecular weight excluding hydrogens is 158 g/mol. The van der Waals surface area contributed by atoms with Crippen molar-refractivity contribution in [3.8, 4) is 0 Å². The van der Waals surface area contributed by atoms with Crippen LogP contribution in [0.4, 0.5) is 0 Å². The average Bonchev–Trinajstić information content (AvgIpc) is 2.43. The lowest BCUT2D eigenvalue weighted by Gasteiger charge is -2.13. The second kappa shape index (κ2) is 4.40. The highest BCUT2D eigenvalue weighted by molar-refractivity contribution is 5.60. The molecule has 0 spiro atoms. The highest BCUT2D eigenvalue weighted by atomic mass is 14.7. The SMILES string of the molecule is CCC=NC1=C(C(C)C)C(C)C=C1. The Bertz CT molecular complexity index is 256. The minimum Gasteiger partial charge on any atom is -0.261 e. The van der Waals surface area contributed by atoms with Gasteiger partial charge in [0.25, 0.3) is 0 Å². The predicted molar refractivity (Wildman–Crippen MR) is 59.0 cm³/mol. The second-order valence-corrected chi connectivity index (χ2v) is 3.86. The van der Waals surface area contributed by atoms with Crippen molar-refractivity contribution >= 4 is 6.21 Å². The van der Waals surface area contributed by atoms with Crippen LogP contribution in [0.15, 0.2) is 28.4 Å². The Morgan fingerprint density at radius 1 is 1.54 bits per heavy atom. The lowest BCUT2D eigenvalue weighted by molar-refractivity contribution is 0.667. The van der Waals surface area contributed by atoms with Crippen LogP contribution < -0.4 is 0 Å². The minimum absolute atomic E-state index is 0.573. The average molecular weight is 177 g/mol. The van der Waals surface area contributed by atoms with E-state index in [2.05, 4.69) is 44.8 Å². The summed E-state index contributed by atoms with van der Waals surface area (Å²) >= 11 is 0. The van der Waals surface area contributed by atoms with Crippen LogP contribution in [0, 0.1) is 11.8 Å². The van der Waals surface area contributed by atoms with Gasteiger partial charge in [-0.05, 0) is 29.9 Å². The molecule has 1 nitrogen and oxygen atoms in total. The van der Waals surface area contributed by atoms with Gasteiger partial charge in [0.2, 0.25) is 0 Å². The molecule has 72 valence electrons. The molecule has 1 heteroatoms. The maximum Gasteiger partial charge on any atom is 0.0623 e. The molecular formula is C12H19N. The van der Waals surface area contributed by atoms with E-state index in [0.717, 1.165) is 6.42 Å². The fraction of sp³-hybridized carbons (Fsp3) is 0.583. The summed E-state index contributed by atoms with van der Waals surface area (Å²) in [4.78, 5) is 4.46. The number of hydrogen-bond acceptors (Lipinski definition) is 1. The maximum atomic E-state index is 4.46. The van der Waals surface area contributed by atoms with Crippen molar-refractivity contribution in [2.24, 2.45) is 16.8 Å². The summed E-state index contributed by atoms with van der Waals surface area (Å²) in [5.74, 6) is 1.18. The molecule has 1 aliphatic rings. The van der Waals surface area contributed by atoms with Crippen molar-refractivity contribution in [1.29, 1.82) is 0 Å². The Hall–Kier alpha value is -0.850. The van der Waals surface area contributed by atoms with E-state index < -0.39 is 0 Å². The van der Waals surface area contributed by atoms with Gasteiger partial charge in [0.1, 0.15) is 0 Å². The molecule has 0 saturated heterocycles. The van der Waals surface area contributed by atoms with E-state index in [0.29, 0.717) is 11.8 Å². The number of allylic oxidation sites excluding steroid dienone is 3. The van der Waals surface area contributed by atoms with E-state index in [1.54, 1.807) is 0 Å². The van der Waals surface area contributed by atoms with Gasteiger partial charge in [-0.3, -0.25) is 4.99 Å². The first-order valence-corrected chi connectivity index (χ1v) is 5.11. The van der Waals surface area contributed by atoms with E-state index in [9.17, 15) is 0 Å². The molecule has 0 bridgehead atoms. The smallest absolute Gasteiger partial charge is 0.0623 e. The molecule has 0 heterocycles. The Kier molecular flexibility index (Phi) is 3.47. The van der Waals surface area contributed by atoms with Crippen molar-refractivity contribution in [2.45, 2.75) is 34.1 Å². The summed E-state index contributed by atoms with van der Waals surface area (Å²) in [5, 5.41) is 0. The van der Waals surface area contributed by atoms with Gasteiger partial charge in [0.05, 0.1) is 5.70 Å². The predicted octanol–water partition coefficient (Wildman–Crippen LogP) is 3.58. The van der Waals surface area contributed by atoms with Crippen LogP contribution in [0.5, 0.6) is 0 Å². The van der Waals surface area contributed by atoms with Crippen molar-refractivity contribution < 1.29 is 0 Å². The fourth-order valence-corrected chi connectivity index (χ4v) is 1.80. The zero-order valence-corrected chi connectivity index (χ0v) is 9.04. The summed E-state index contributed by atoms with van der Waals surface area (Å²) < 4.78 is 0. The van der Waals surface area contributed by atoms with Crippen LogP contribution in [-0.2, 0) is 0 Å². The molecule has 1 unspecified atom stereocenters. The van der Waals surface area contributed by atoms with E-state index in [1.165, 1.54) is 11.3 Å². The van der Waals surface area contributed by atoms with Crippen LogP contribution in [0.25, 0.3) is 0 Å². The molecule has 0 radical (unpaired) electrons. The standard InChI is InChI=1S/C12H19N/c1-5-8-13-11-7-6-10(4)12(11)9(2)3/h6-10H,5H2,1-4H3.